The molecular formula is C14H16N4O3S. The predicted molar refractivity (Wildman–Crippen MR) is 87.7 cm³/mol. The first-order chi connectivity index (χ1) is 10.7. The fourth-order valence-electron chi connectivity index (χ4n) is 1.80. The van der Waals surface area contributed by atoms with Gasteiger partial charge in [0.25, 0.3) is 5.69 Å². The smallest absolute Gasteiger partial charge is 0.292 e. The number of thiocarbonyl (C=S) groups is 1. The van der Waals surface area contributed by atoms with Crippen molar-refractivity contribution in [2.45, 2.75) is 6.54 Å². The van der Waals surface area contributed by atoms with Crippen LogP contribution in [-0.2, 0) is 6.54 Å². The number of nitrogens with one attached hydrogen (secondary N) is 3. The van der Waals surface area contributed by atoms with Crippen molar-refractivity contribution in [1.82, 2.24) is 10.6 Å². The standard InChI is InChI=1S/C14H16N4O3S/c19-18(20)13-6-2-1-5-12(13)15-7-8-16-14(22)17-10-11-4-3-9-21-11/h1-6,9,15H,7-8,10H2,(H2,16,17,22). The molecule has 0 aliphatic rings. The largest absolute Gasteiger partial charge is 0.467 e. The first-order valence-corrected chi connectivity index (χ1v) is 7.09. The summed E-state index contributed by atoms with van der Waals surface area (Å²) in [5.74, 6) is 0.794. The van der Waals surface area contributed by atoms with Crippen molar-refractivity contribution in [2.75, 3.05) is 18.4 Å². The van der Waals surface area contributed by atoms with E-state index < -0.39 is 4.92 Å². The molecule has 0 saturated carbocycles. The molecule has 2 rings (SSSR count). The minimum atomic E-state index is -0.411. The van der Waals surface area contributed by atoms with Gasteiger partial charge in [-0.15, -0.1) is 0 Å². The second-order valence-corrected chi connectivity index (χ2v) is 4.80. The zero-order valence-corrected chi connectivity index (χ0v) is 12.6. The first kappa shape index (κ1) is 15.8. The number of anilines is 1. The van der Waals surface area contributed by atoms with E-state index in [4.69, 9.17) is 16.6 Å². The molecule has 0 amide bonds. The van der Waals surface area contributed by atoms with Crippen molar-refractivity contribution in [1.29, 1.82) is 0 Å². The van der Waals surface area contributed by atoms with Gasteiger partial charge in [-0.05, 0) is 30.4 Å². The third-order valence-corrected chi connectivity index (χ3v) is 3.12. The molecule has 0 spiro atoms. The van der Waals surface area contributed by atoms with Gasteiger partial charge in [0.2, 0.25) is 0 Å². The molecule has 0 bridgehead atoms. The summed E-state index contributed by atoms with van der Waals surface area (Å²) in [5.41, 5.74) is 0.546. The Labute approximate surface area is 132 Å². The van der Waals surface area contributed by atoms with Gasteiger partial charge in [-0.25, -0.2) is 0 Å². The molecule has 0 unspecified atom stereocenters. The monoisotopic (exact) mass is 320 g/mol. The van der Waals surface area contributed by atoms with Gasteiger partial charge in [-0.1, -0.05) is 12.1 Å². The van der Waals surface area contributed by atoms with E-state index in [9.17, 15) is 10.1 Å². The molecule has 1 aromatic carbocycles. The van der Waals surface area contributed by atoms with E-state index in [0.29, 0.717) is 30.4 Å². The lowest BCUT2D eigenvalue weighted by Gasteiger charge is -2.11. The van der Waals surface area contributed by atoms with Crippen molar-refractivity contribution < 1.29 is 9.34 Å². The molecule has 0 fully saturated rings. The highest BCUT2D eigenvalue weighted by Crippen LogP contribution is 2.22. The van der Waals surface area contributed by atoms with Gasteiger partial charge in [0, 0.05) is 19.2 Å². The molecule has 0 radical (unpaired) electrons. The van der Waals surface area contributed by atoms with Crippen molar-refractivity contribution in [2.24, 2.45) is 0 Å². The number of hydrogen-bond acceptors (Lipinski definition) is 5. The van der Waals surface area contributed by atoms with Crippen molar-refractivity contribution in [3.05, 3.63) is 58.5 Å². The van der Waals surface area contributed by atoms with Crippen LogP contribution in [0.5, 0.6) is 0 Å². The minimum Gasteiger partial charge on any atom is -0.467 e. The SMILES string of the molecule is O=[N+]([O-])c1ccccc1NCCNC(=S)NCc1ccco1. The molecule has 0 aliphatic heterocycles. The number of rotatable bonds is 7. The van der Waals surface area contributed by atoms with Gasteiger partial charge in [0.15, 0.2) is 5.11 Å². The zero-order valence-electron chi connectivity index (χ0n) is 11.7. The molecule has 8 heteroatoms. The topological polar surface area (TPSA) is 92.4 Å². The second kappa shape index (κ2) is 7.99. The van der Waals surface area contributed by atoms with Crippen LogP contribution >= 0.6 is 12.2 Å². The predicted octanol–water partition coefficient (Wildman–Crippen LogP) is 2.26. The van der Waals surface area contributed by atoms with Gasteiger partial charge in [-0.3, -0.25) is 10.1 Å². The number of furan rings is 1. The van der Waals surface area contributed by atoms with E-state index in [1.165, 1.54) is 6.07 Å². The van der Waals surface area contributed by atoms with E-state index >= 15 is 0 Å². The fourth-order valence-corrected chi connectivity index (χ4v) is 1.97. The molecule has 2 aromatic rings. The summed E-state index contributed by atoms with van der Waals surface area (Å²) < 4.78 is 5.18. The van der Waals surface area contributed by atoms with Crippen LogP contribution in [0.3, 0.4) is 0 Å². The summed E-state index contributed by atoms with van der Waals surface area (Å²) in [6.07, 6.45) is 1.60. The number of benzene rings is 1. The van der Waals surface area contributed by atoms with Crippen molar-refractivity contribution >= 4 is 28.7 Å². The maximum absolute atomic E-state index is 10.9. The van der Waals surface area contributed by atoms with Gasteiger partial charge in [-0.2, -0.15) is 0 Å². The highest BCUT2D eigenvalue weighted by molar-refractivity contribution is 7.80. The van der Waals surface area contributed by atoms with E-state index in [2.05, 4.69) is 16.0 Å². The molecule has 3 N–H and O–H groups in total. The Hall–Kier alpha value is -2.61. The lowest BCUT2D eigenvalue weighted by Crippen LogP contribution is -2.37. The van der Waals surface area contributed by atoms with Crippen LogP contribution in [0.2, 0.25) is 0 Å². The Balaban J connectivity index is 1.68. The molecule has 1 heterocycles. The lowest BCUT2D eigenvalue weighted by molar-refractivity contribution is -0.384. The third-order valence-electron chi connectivity index (χ3n) is 2.83. The van der Waals surface area contributed by atoms with E-state index in [1.807, 2.05) is 12.1 Å². The quantitative estimate of drug-likeness (QED) is 0.312. The van der Waals surface area contributed by atoms with Crippen LogP contribution in [0, 0.1) is 10.1 Å². The average molecular weight is 320 g/mol. The number of nitrogens with zero attached hydrogens (tertiary/aromatic N) is 1. The maximum Gasteiger partial charge on any atom is 0.292 e. The number of hydrogen-bond donors (Lipinski definition) is 3. The Morgan fingerprint density at radius 1 is 1.18 bits per heavy atom. The van der Waals surface area contributed by atoms with Gasteiger partial charge in [0.1, 0.15) is 11.4 Å². The molecule has 0 saturated heterocycles. The highest BCUT2D eigenvalue weighted by atomic mass is 32.1. The molecule has 7 nitrogen and oxygen atoms in total. The summed E-state index contributed by atoms with van der Waals surface area (Å²) in [7, 11) is 0. The summed E-state index contributed by atoms with van der Waals surface area (Å²) in [4.78, 5) is 10.5. The van der Waals surface area contributed by atoms with Crippen molar-refractivity contribution in [3.8, 4) is 0 Å². The summed E-state index contributed by atoms with van der Waals surface area (Å²) in [5, 5.41) is 20.4. The van der Waals surface area contributed by atoms with Gasteiger partial charge in [0.05, 0.1) is 17.7 Å². The van der Waals surface area contributed by atoms with Crippen LogP contribution in [0.15, 0.2) is 47.1 Å². The Morgan fingerprint density at radius 3 is 2.73 bits per heavy atom. The zero-order chi connectivity index (χ0) is 15.8. The molecule has 0 atom stereocenters. The molecular weight excluding hydrogens is 304 g/mol. The highest BCUT2D eigenvalue weighted by Gasteiger charge is 2.11. The van der Waals surface area contributed by atoms with Crippen molar-refractivity contribution in [3.63, 3.8) is 0 Å². The third kappa shape index (κ3) is 4.74. The summed E-state index contributed by atoms with van der Waals surface area (Å²) in [6.45, 7) is 1.56. The Bertz CT molecular complexity index is 631. The number of para-hydroxylation sites is 2. The minimum absolute atomic E-state index is 0.0565. The number of nitro benzene ring substituents is 1. The summed E-state index contributed by atoms with van der Waals surface area (Å²) >= 11 is 5.12. The maximum atomic E-state index is 10.9. The molecule has 1 aromatic heterocycles. The van der Waals surface area contributed by atoms with Crippen LogP contribution < -0.4 is 16.0 Å². The van der Waals surface area contributed by atoms with Crippen LogP contribution in [0.1, 0.15) is 5.76 Å². The van der Waals surface area contributed by atoms with E-state index in [1.54, 1.807) is 24.5 Å². The van der Waals surface area contributed by atoms with Crippen LogP contribution in [0.25, 0.3) is 0 Å². The first-order valence-electron chi connectivity index (χ1n) is 6.68. The average Bonchev–Trinajstić information content (AvgIpc) is 3.03. The summed E-state index contributed by atoms with van der Waals surface area (Å²) in [6, 6.07) is 10.2. The van der Waals surface area contributed by atoms with Gasteiger partial charge < -0.3 is 20.4 Å². The number of nitro groups is 1. The van der Waals surface area contributed by atoms with E-state index in [0.717, 1.165) is 5.76 Å². The molecule has 116 valence electrons. The lowest BCUT2D eigenvalue weighted by atomic mass is 10.2. The van der Waals surface area contributed by atoms with Crippen LogP contribution in [0.4, 0.5) is 11.4 Å². The van der Waals surface area contributed by atoms with E-state index in [-0.39, 0.29) is 5.69 Å². The fraction of sp³-hybridized carbons (Fsp3) is 0.214. The Morgan fingerprint density at radius 2 is 2.00 bits per heavy atom. The van der Waals surface area contributed by atoms with Gasteiger partial charge >= 0.3 is 0 Å². The molecule has 0 aliphatic carbocycles. The molecule has 22 heavy (non-hydrogen) atoms. The second-order valence-electron chi connectivity index (χ2n) is 4.39. The normalized spacial score (nSPS) is 10.0. The Kier molecular flexibility index (Phi) is 5.73. The van der Waals surface area contributed by atoms with Crippen LogP contribution in [-0.4, -0.2) is 23.1 Å².